The maximum atomic E-state index is 3.96. The monoisotopic (exact) mass is 101 g/mol. The van der Waals surface area contributed by atoms with Crippen LogP contribution in [0.4, 0.5) is 0 Å². The Morgan fingerprint density at radius 2 is 1.71 bits per heavy atom. The molecule has 7 heavy (non-hydrogen) atoms. The van der Waals surface area contributed by atoms with Crippen LogP contribution < -0.4 is 0 Å². The van der Waals surface area contributed by atoms with Crippen molar-refractivity contribution in [2.75, 3.05) is 20.1 Å². The molecule has 0 aromatic rings. The summed E-state index contributed by atoms with van der Waals surface area (Å²) in [7, 11) is 1.81. The Morgan fingerprint density at radius 3 is 1.71 bits per heavy atom. The van der Waals surface area contributed by atoms with Gasteiger partial charge in [-0.15, -0.1) is 4.70 Å². The third-order valence-electron chi connectivity index (χ3n) is 1.01. The standard InChI is InChI=1S/C5H13N2/c1-4-7(5-2)6-3/h4-5H2,1-3H3/q+1. The second kappa shape index (κ2) is 3.78. The van der Waals surface area contributed by atoms with Crippen LogP contribution >= 0.6 is 0 Å². The van der Waals surface area contributed by atoms with E-state index in [0.717, 1.165) is 13.1 Å². The summed E-state index contributed by atoms with van der Waals surface area (Å²) < 4.78 is 2.00. The van der Waals surface area contributed by atoms with Gasteiger partial charge >= 0.3 is 0 Å². The highest BCUT2D eigenvalue weighted by Gasteiger charge is 1.90. The molecular formula is C5H13N2+. The van der Waals surface area contributed by atoms with Crippen molar-refractivity contribution in [2.24, 2.45) is 5.11 Å². The molecule has 0 aliphatic heterocycles. The normalized spacial score (nSPS) is 8.43. The molecule has 0 rings (SSSR count). The third-order valence-corrected chi connectivity index (χ3v) is 1.01. The van der Waals surface area contributed by atoms with Crippen LogP contribution in [-0.2, 0) is 0 Å². The molecule has 2 heteroatoms. The number of nitrogens with zero attached hydrogens (tertiary/aromatic N) is 2. The first-order valence-corrected chi connectivity index (χ1v) is 2.69. The molecular weight excluding hydrogens is 88.1 g/mol. The van der Waals surface area contributed by atoms with Crippen LogP contribution in [0.2, 0.25) is 0 Å². The molecule has 0 fully saturated rings. The quantitative estimate of drug-likeness (QED) is 0.366. The van der Waals surface area contributed by atoms with Crippen LogP contribution in [0.1, 0.15) is 13.8 Å². The van der Waals surface area contributed by atoms with Gasteiger partial charge in [-0.1, -0.05) is 0 Å². The minimum atomic E-state index is 1.02. The first-order valence-electron chi connectivity index (χ1n) is 2.69. The van der Waals surface area contributed by atoms with Gasteiger partial charge in [-0.05, 0) is 19.0 Å². The molecule has 0 heterocycles. The molecule has 0 radical (unpaired) electrons. The highest BCUT2D eigenvalue weighted by Crippen LogP contribution is 1.72. The Hall–Kier alpha value is -0.400. The van der Waals surface area contributed by atoms with Crippen molar-refractivity contribution in [1.82, 2.24) is 0 Å². The first kappa shape index (κ1) is 6.60. The van der Waals surface area contributed by atoms with Crippen LogP contribution in [0.3, 0.4) is 0 Å². The van der Waals surface area contributed by atoms with Crippen molar-refractivity contribution in [3.05, 3.63) is 0 Å². The highest BCUT2D eigenvalue weighted by atomic mass is 15.2. The van der Waals surface area contributed by atoms with Crippen LogP contribution in [0.15, 0.2) is 5.11 Å². The van der Waals surface area contributed by atoms with Gasteiger partial charge in [0.25, 0.3) is 0 Å². The predicted octanol–water partition coefficient (Wildman–Crippen LogP) is 1.12. The van der Waals surface area contributed by atoms with E-state index in [1.807, 2.05) is 11.7 Å². The predicted molar refractivity (Wildman–Crippen MR) is 29.7 cm³/mol. The van der Waals surface area contributed by atoms with Gasteiger partial charge in [-0.25, -0.2) is 0 Å². The van der Waals surface area contributed by atoms with Gasteiger partial charge in [0.2, 0.25) is 0 Å². The van der Waals surface area contributed by atoms with E-state index in [1.165, 1.54) is 0 Å². The van der Waals surface area contributed by atoms with Crippen molar-refractivity contribution >= 4 is 0 Å². The molecule has 2 nitrogen and oxygen atoms in total. The molecule has 0 aromatic carbocycles. The lowest BCUT2D eigenvalue weighted by molar-refractivity contribution is -0.586. The van der Waals surface area contributed by atoms with E-state index < -0.39 is 0 Å². The van der Waals surface area contributed by atoms with Crippen molar-refractivity contribution in [3.63, 3.8) is 0 Å². The summed E-state index contributed by atoms with van der Waals surface area (Å²) in [5.74, 6) is 0. The average Bonchev–Trinajstić information content (AvgIpc) is 1.72. The topological polar surface area (TPSA) is 15.4 Å². The molecule has 0 saturated carbocycles. The van der Waals surface area contributed by atoms with Gasteiger partial charge < -0.3 is 0 Å². The Kier molecular flexibility index (Phi) is 3.56. The lowest BCUT2D eigenvalue weighted by atomic mass is 10.6. The first-order chi connectivity index (χ1) is 3.35. The van der Waals surface area contributed by atoms with E-state index in [0.29, 0.717) is 0 Å². The Balaban J connectivity index is 3.38. The van der Waals surface area contributed by atoms with E-state index >= 15 is 0 Å². The fourth-order valence-corrected chi connectivity index (χ4v) is 0.506. The van der Waals surface area contributed by atoms with E-state index in [9.17, 15) is 0 Å². The lowest BCUT2D eigenvalue weighted by Gasteiger charge is -1.86. The smallest absolute Gasteiger partial charge is 0.128 e. The van der Waals surface area contributed by atoms with Gasteiger partial charge in [-0.3, -0.25) is 0 Å². The summed E-state index contributed by atoms with van der Waals surface area (Å²) in [4.78, 5) is 0. The van der Waals surface area contributed by atoms with Gasteiger partial charge in [0.1, 0.15) is 0 Å². The third kappa shape index (κ3) is 2.31. The Labute approximate surface area is 44.9 Å². The Morgan fingerprint density at radius 1 is 1.29 bits per heavy atom. The minimum absolute atomic E-state index is 1.02. The Bertz CT molecular complexity index is 60.5. The number of rotatable bonds is 2. The second-order valence-corrected chi connectivity index (χ2v) is 1.34. The van der Waals surface area contributed by atoms with Crippen molar-refractivity contribution in [2.45, 2.75) is 13.8 Å². The fourth-order valence-electron chi connectivity index (χ4n) is 0.506. The number of hydrogen-bond acceptors (Lipinski definition) is 1. The summed E-state index contributed by atoms with van der Waals surface area (Å²) >= 11 is 0. The molecule has 0 spiro atoms. The van der Waals surface area contributed by atoms with Crippen LogP contribution in [0, 0.1) is 0 Å². The van der Waals surface area contributed by atoms with Gasteiger partial charge in [0.05, 0.1) is 7.05 Å². The van der Waals surface area contributed by atoms with E-state index in [4.69, 9.17) is 0 Å². The van der Waals surface area contributed by atoms with E-state index in [1.54, 1.807) is 0 Å². The summed E-state index contributed by atoms with van der Waals surface area (Å²) in [6.07, 6.45) is 0. The van der Waals surface area contributed by atoms with Crippen LogP contribution in [-0.4, -0.2) is 24.8 Å². The number of azo groups is 2. The van der Waals surface area contributed by atoms with Gasteiger partial charge in [-0.2, -0.15) is 0 Å². The largest absolute Gasteiger partial charge is 0.165 e. The fraction of sp³-hybridized carbons (Fsp3) is 1.00. The molecule has 0 bridgehead atoms. The van der Waals surface area contributed by atoms with E-state index in [-0.39, 0.29) is 0 Å². The molecule has 0 amide bonds. The molecule has 0 N–H and O–H groups in total. The zero-order chi connectivity index (χ0) is 5.70. The van der Waals surface area contributed by atoms with Gasteiger partial charge in [0.15, 0.2) is 13.1 Å². The maximum absolute atomic E-state index is 3.96. The van der Waals surface area contributed by atoms with Crippen LogP contribution in [0.25, 0.3) is 0 Å². The molecule has 0 aliphatic carbocycles. The van der Waals surface area contributed by atoms with Crippen molar-refractivity contribution < 1.29 is 4.70 Å². The zero-order valence-electron chi connectivity index (χ0n) is 5.31. The minimum Gasteiger partial charge on any atom is -0.128 e. The van der Waals surface area contributed by atoms with Crippen molar-refractivity contribution in [3.8, 4) is 0 Å². The summed E-state index contributed by atoms with van der Waals surface area (Å²) in [5.41, 5.74) is 0. The molecule has 0 unspecified atom stereocenters. The highest BCUT2D eigenvalue weighted by molar-refractivity contribution is 4.04. The van der Waals surface area contributed by atoms with Crippen molar-refractivity contribution in [1.29, 1.82) is 0 Å². The molecule has 0 aromatic heterocycles. The number of hydrogen-bond donors (Lipinski definition) is 0. The second-order valence-electron chi connectivity index (χ2n) is 1.34. The molecule has 0 atom stereocenters. The zero-order valence-corrected chi connectivity index (χ0v) is 5.31. The summed E-state index contributed by atoms with van der Waals surface area (Å²) in [6.45, 7) is 6.23. The summed E-state index contributed by atoms with van der Waals surface area (Å²) in [5, 5.41) is 3.96. The van der Waals surface area contributed by atoms with Crippen LogP contribution in [0.5, 0.6) is 0 Å². The molecule has 0 saturated heterocycles. The SMILES string of the molecule is CC[N+](CC)=NC. The maximum Gasteiger partial charge on any atom is 0.165 e. The summed E-state index contributed by atoms with van der Waals surface area (Å²) in [6, 6.07) is 0. The van der Waals surface area contributed by atoms with E-state index in [2.05, 4.69) is 19.0 Å². The molecule has 42 valence electrons. The van der Waals surface area contributed by atoms with Gasteiger partial charge in [0, 0.05) is 0 Å². The average molecular weight is 101 g/mol. The molecule has 0 aliphatic rings. The lowest BCUT2D eigenvalue weighted by Crippen LogP contribution is -2.06.